The Bertz CT molecular complexity index is 99.1. The van der Waals surface area contributed by atoms with Crippen molar-refractivity contribution in [3.05, 3.63) is 12.7 Å². The summed E-state index contributed by atoms with van der Waals surface area (Å²) >= 11 is 0. The molecule has 0 bridgehead atoms. The molecule has 0 aliphatic heterocycles. The lowest BCUT2D eigenvalue weighted by atomic mass is 9.92. The van der Waals surface area contributed by atoms with Crippen LogP contribution in [0.3, 0.4) is 0 Å². The minimum Gasteiger partial charge on any atom is -0.378 e. The molecule has 2 heteroatoms. The molecule has 0 spiro atoms. The molecule has 0 heterocycles. The van der Waals surface area contributed by atoms with E-state index in [0.29, 0.717) is 0 Å². The van der Waals surface area contributed by atoms with Crippen molar-refractivity contribution < 1.29 is 5.11 Å². The van der Waals surface area contributed by atoms with E-state index in [4.69, 9.17) is 0 Å². The van der Waals surface area contributed by atoms with Crippen LogP contribution in [-0.4, -0.2) is 18.4 Å². The highest BCUT2D eigenvalue weighted by Gasteiger charge is 2.21. The molecule has 54 valence electrons. The standard InChI is InChI=1S/C7H15NO/c1-5-7(2,3)6(9)8-4/h5-6,8-9H,1H2,2-4H3. The second-order valence-electron chi connectivity index (χ2n) is 2.72. The lowest BCUT2D eigenvalue weighted by molar-refractivity contribution is 0.0581. The summed E-state index contributed by atoms with van der Waals surface area (Å²) in [6.45, 7) is 7.44. The van der Waals surface area contributed by atoms with E-state index in [1.54, 1.807) is 13.1 Å². The average Bonchev–Trinajstić information content (AvgIpc) is 1.86. The van der Waals surface area contributed by atoms with Crippen molar-refractivity contribution in [1.29, 1.82) is 0 Å². The SMILES string of the molecule is C=CC(C)(C)C(O)NC. The first-order valence-corrected chi connectivity index (χ1v) is 3.03. The molecule has 9 heavy (non-hydrogen) atoms. The van der Waals surface area contributed by atoms with Crippen LogP contribution < -0.4 is 5.32 Å². The molecule has 0 radical (unpaired) electrons. The molecule has 0 aromatic rings. The van der Waals surface area contributed by atoms with Crippen LogP contribution in [0.25, 0.3) is 0 Å². The summed E-state index contributed by atoms with van der Waals surface area (Å²) in [6, 6.07) is 0. The van der Waals surface area contributed by atoms with Crippen LogP contribution >= 0.6 is 0 Å². The molecule has 0 rings (SSSR count). The number of hydrogen-bond acceptors (Lipinski definition) is 2. The first-order valence-electron chi connectivity index (χ1n) is 3.03. The Labute approximate surface area is 56.6 Å². The minimum atomic E-state index is -0.505. The highest BCUT2D eigenvalue weighted by molar-refractivity contribution is 4.91. The van der Waals surface area contributed by atoms with Gasteiger partial charge in [-0.3, -0.25) is 5.32 Å². The largest absolute Gasteiger partial charge is 0.378 e. The Balaban J connectivity index is 3.95. The maximum Gasteiger partial charge on any atom is 0.113 e. The fraction of sp³-hybridized carbons (Fsp3) is 0.714. The summed E-state index contributed by atoms with van der Waals surface area (Å²) in [5.41, 5.74) is -0.241. The van der Waals surface area contributed by atoms with E-state index < -0.39 is 6.23 Å². The Hall–Kier alpha value is -0.340. The number of aliphatic hydroxyl groups is 1. The third-order valence-electron chi connectivity index (χ3n) is 1.50. The normalized spacial score (nSPS) is 15.1. The van der Waals surface area contributed by atoms with E-state index in [2.05, 4.69) is 11.9 Å². The van der Waals surface area contributed by atoms with Crippen LogP contribution in [0, 0.1) is 5.41 Å². The minimum absolute atomic E-state index is 0.241. The van der Waals surface area contributed by atoms with Crippen LogP contribution in [0.2, 0.25) is 0 Å². The summed E-state index contributed by atoms with van der Waals surface area (Å²) in [5.74, 6) is 0. The summed E-state index contributed by atoms with van der Waals surface area (Å²) in [7, 11) is 1.72. The van der Waals surface area contributed by atoms with Crippen LogP contribution in [0.15, 0.2) is 12.7 Å². The molecule has 0 aliphatic rings. The molecule has 2 nitrogen and oxygen atoms in total. The van der Waals surface area contributed by atoms with Gasteiger partial charge in [-0.05, 0) is 7.05 Å². The smallest absolute Gasteiger partial charge is 0.113 e. The summed E-state index contributed by atoms with van der Waals surface area (Å²) in [4.78, 5) is 0. The molecule has 0 fully saturated rings. The molecule has 0 aromatic carbocycles. The van der Waals surface area contributed by atoms with Gasteiger partial charge in [0.1, 0.15) is 6.23 Å². The molecule has 0 saturated carbocycles. The number of hydrogen-bond donors (Lipinski definition) is 2. The second kappa shape index (κ2) is 2.99. The van der Waals surface area contributed by atoms with E-state index in [9.17, 15) is 5.11 Å². The fourth-order valence-electron chi connectivity index (χ4n) is 0.484. The van der Waals surface area contributed by atoms with Gasteiger partial charge in [-0.25, -0.2) is 0 Å². The van der Waals surface area contributed by atoms with Crippen molar-refractivity contribution in [1.82, 2.24) is 5.32 Å². The lowest BCUT2D eigenvalue weighted by Gasteiger charge is -2.25. The Morgan fingerprint density at radius 2 is 2.11 bits per heavy atom. The van der Waals surface area contributed by atoms with Crippen LogP contribution in [0.4, 0.5) is 0 Å². The number of nitrogens with one attached hydrogen (secondary N) is 1. The zero-order valence-electron chi connectivity index (χ0n) is 6.31. The molecule has 1 unspecified atom stereocenters. The highest BCUT2D eigenvalue weighted by Crippen LogP contribution is 2.18. The third-order valence-corrected chi connectivity index (χ3v) is 1.50. The quantitative estimate of drug-likeness (QED) is 0.435. The van der Waals surface area contributed by atoms with Crippen molar-refractivity contribution in [2.45, 2.75) is 20.1 Å². The van der Waals surface area contributed by atoms with Crippen molar-refractivity contribution in [3.63, 3.8) is 0 Å². The van der Waals surface area contributed by atoms with Crippen molar-refractivity contribution in [2.75, 3.05) is 7.05 Å². The monoisotopic (exact) mass is 129 g/mol. The van der Waals surface area contributed by atoms with Crippen molar-refractivity contribution >= 4 is 0 Å². The Morgan fingerprint density at radius 1 is 1.67 bits per heavy atom. The molecular formula is C7H15NO. The van der Waals surface area contributed by atoms with Crippen molar-refractivity contribution in [2.24, 2.45) is 5.41 Å². The van der Waals surface area contributed by atoms with Gasteiger partial charge < -0.3 is 5.11 Å². The van der Waals surface area contributed by atoms with Crippen LogP contribution in [0.5, 0.6) is 0 Å². The Kier molecular flexibility index (Phi) is 2.88. The van der Waals surface area contributed by atoms with E-state index in [1.807, 2.05) is 13.8 Å². The van der Waals surface area contributed by atoms with E-state index in [-0.39, 0.29) is 5.41 Å². The molecular weight excluding hydrogens is 114 g/mol. The van der Waals surface area contributed by atoms with Gasteiger partial charge in [0.25, 0.3) is 0 Å². The van der Waals surface area contributed by atoms with Gasteiger partial charge in [0.15, 0.2) is 0 Å². The lowest BCUT2D eigenvalue weighted by Crippen LogP contribution is -2.38. The summed E-state index contributed by atoms with van der Waals surface area (Å²) in [5, 5.41) is 11.9. The number of rotatable bonds is 3. The van der Waals surface area contributed by atoms with Gasteiger partial charge in [-0.15, -0.1) is 6.58 Å². The van der Waals surface area contributed by atoms with Gasteiger partial charge in [0, 0.05) is 5.41 Å². The zero-order chi connectivity index (χ0) is 7.49. The average molecular weight is 129 g/mol. The zero-order valence-corrected chi connectivity index (χ0v) is 6.31. The van der Waals surface area contributed by atoms with Gasteiger partial charge in [-0.2, -0.15) is 0 Å². The van der Waals surface area contributed by atoms with Gasteiger partial charge >= 0.3 is 0 Å². The van der Waals surface area contributed by atoms with Crippen molar-refractivity contribution in [3.8, 4) is 0 Å². The van der Waals surface area contributed by atoms with Crippen LogP contribution in [0.1, 0.15) is 13.8 Å². The highest BCUT2D eigenvalue weighted by atomic mass is 16.3. The first kappa shape index (κ1) is 8.66. The number of aliphatic hydroxyl groups excluding tert-OH is 1. The first-order chi connectivity index (χ1) is 4.04. The Morgan fingerprint density at radius 3 is 2.22 bits per heavy atom. The maximum absolute atomic E-state index is 9.20. The second-order valence-corrected chi connectivity index (χ2v) is 2.72. The van der Waals surface area contributed by atoms with E-state index in [1.165, 1.54) is 0 Å². The van der Waals surface area contributed by atoms with E-state index in [0.717, 1.165) is 0 Å². The third kappa shape index (κ3) is 2.16. The molecule has 0 amide bonds. The predicted octanol–water partition coefficient (Wildman–Crippen LogP) is 0.736. The fourth-order valence-corrected chi connectivity index (χ4v) is 0.484. The van der Waals surface area contributed by atoms with Gasteiger partial charge in [-0.1, -0.05) is 19.9 Å². The predicted molar refractivity (Wildman–Crippen MR) is 39.0 cm³/mol. The van der Waals surface area contributed by atoms with Crippen LogP contribution in [-0.2, 0) is 0 Å². The summed E-state index contributed by atoms with van der Waals surface area (Å²) < 4.78 is 0. The topological polar surface area (TPSA) is 32.3 Å². The molecule has 0 aliphatic carbocycles. The molecule has 2 N–H and O–H groups in total. The molecule has 1 atom stereocenters. The molecule has 0 saturated heterocycles. The van der Waals surface area contributed by atoms with Gasteiger partial charge in [0.05, 0.1) is 0 Å². The maximum atomic E-state index is 9.20. The van der Waals surface area contributed by atoms with Gasteiger partial charge in [0.2, 0.25) is 0 Å². The van der Waals surface area contributed by atoms with E-state index >= 15 is 0 Å². The molecule has 0 aromatic heterocycles. The summed E-state index contributed by atoms with van der Waals surface area (Å²) in [6.07, 6.45) is 1.23.